The van der Waals surface area contributed by atoms with E-state index in [1.165, 1.54) is 0 Å². The van der Waals surface area contributed by atoms with Gasteiger partial charge in [-0.25, -0.2) is 9.50 Å². The number of carbonyl (C=O) groups excluding carboxylic acids is 1. The Morgan fingerprint density at radius 1 is 1.11 bits per heavy atom. The maximum atomic E-state index is 12.1. The summed E-state index contributed by atoms with van der Waals surface area (Å²) in [5, 5.41) is 18.4. The number of terminal acetylenes is 1. The van der Waals surface area contributed by atoms with E-state index in [9.17, 15) is 10.1 Å². The van der Waals surface area contributed by atoms with Gasteiger partial charge in [-0.1, -0.05) is 0 Å². The summed E-state index contributed by atoms with van der Waals surface area (Å²) in [6, 6.07) is 8.58. The minimum absolute atomic E-state index is 0.203. The molecule has 2 aliphatic rings. The van der Waals surface area contributed by atoms with Crippen LogP contribution in [0.1, 0.15) is 18.4 Å². The van der Waals surface area contributed by atoms with E-state index < -0.39 is 0 Å². The first-order chi connectivity index (χ1) is 17.5. The highest BCUT2D eigenvalue weighted by atomic mass is 16.2. The van der Waals surface area contributed by atoms with E-state index in [1.54, 1.807) is 20.3 Å². The third-order valence-corrected chi connectivity index (χ3v) is 7.27. The predicted molar refractivity (Wildman–Crippen MR) is 135 cm³/mol. The molecule has 2 aliphatic heterocycles. The molecule has 2 unspecified atom stereocenters. The lowest BCUT2D eigenvalue weighted by atomic mass is 10.0. The lowest BCUT2D eigenvalue weighted by Gasteiger charge is -2.31. The van der Waals surface area contributed by atoms with Gasteiger partial charge < -0.3 is 9.80 Å². The van der Waals surface area contributed by atoms with E-state index in [-0.39, 0.29) is 11.9 Å². The molecule has 9 heteroatoms. The number of pyridine rings is 2. The quantitative estimate of drug-likeness (QED) is 0.422. The van der Waals surface area contributed by atoms with Gasteiger partial charge in [-0.2, -0.15) is 15.5 Å². The lowest BCUT2D eigenvalue weighted by Crippen LogP contribution is -2.44. The maximum absolute atomic E-state index is 12.1. The molecule has 2 fully saturated rings. The van der Waals surface area contributed by atoms with Crippen molar-refractivity contribution in [2.75, 3.05) is 24.5 Å². The molecule has 9 nitrogen and oxygen atoms in total. The van der Waals surface area contributed by atoms with Gasteiger partial charge in [0.05, 0.1) is 23.5 Å². The second kappa shape index (κ2) is 8.54. The molecular weight excluding hydrogens is 452 g/mol. The molecule has 0 aliphatic carbocycles. The van der Waals surface area contributed by atoms with E-state index in [4.69, 9.17) is 11.4 Å². The van der Waals surface area contributed by atoms with E-state index in [0.29, 0.717) is 18.0 Å². The summed E-state index contributed by atoms with van der Waals surface area (Å²) in [5.74, 6) is 3.43. The zero-order valence-corrected chi connectivity index (χ0v) is 19.9. The number of hydrogen-bond acceptors (Lipinski definition) is 6. The molecule has 0 aromatic carbocycles. The highest BCUT2D eigenvalue weighted by Crippen LogP contribution is 2.35. The molecule has 178 valence electrons. The van der Waals surface area contributed by atoms with Crippen LogP contribution in [0, 0.1) is 29.6 Å². The van der Waals surface area contributed by atoms with Crippen LogP contribution < -0.4 is 4.90 Å². The van der Waals surface area contributed by atoms with Gasteiger partial charge in [0.1, 0.15) is 11.9 Å². The Kier molecular flexibility index (Phi) is 5.19. The number of carbonyl (C=O) groups is 1. The van der Waals surface area contributed by atoms with Crippen LogP contribution in [0.15, 0.2) is 49.2 Å². The van der Waals surface area contributed by atoms with Crippen LogP contribution in [0.4, 0.5) is 5.82 Å². The van der Waals surface area contributed by atoms with Crippen LogP contribution in [0.5, 0.6) is 0 Å². The third kappa shape index (κ3) is 3.66. The average molecular weight is 477 g/mol. The Labute approximate surface area is 208 Å². The van der Waals surface area contributed by atoms with Crippen LogP contribution in [0.2, 0.25) is 0 Å². The van der Waals surface area contributed by atoms with Gasteiger partial charge in [0, 0.05) is 73.6 Å². The van der Waals surface area contributed by atoms with Crippen molar-refractivity contribution in [1.82, 2.24) is 29.3 Å². The number of aromatic nitrogens is 5. The Morgan fingerprint density at radius 2 is 2.00 bits per heavy atom. The Morgan fingerprint density at radius 3 is 2.72 bits per heavy atom. The van der Waals surface area contributed by atoms with E-state index in [2.05, 4.69) is 33.2 Å². The minimum Gasteiger partial charge on any atom is -0.352 e. The van der Waals surface area contributed by atoms with E-state index in [1.807, 2.05) is 44.0 Å². The van der Waals surface area contributed by atoms with Gasteiger partial charge in [-0.15, -0.1) is 6.42 Å². The molecular formula is C27H24N8O. The zero-order chi connectivity index (χ0) is 24.8. The number of nitriles is 1. The Bertz CT molecular complexity index is 1550. The summed E-state index contributed by atoms with van der Waals surface area (Å²) < 4.78 is 3.50. The maximum Gasteiger partial charge on any atom is 0.298 e. The number of likely N-dealkylation sites (tertiary alicyclic amines) is 1. The van der Waals surface area contributed by atoms with Crippen molar-refractivity contribution in [3.63, 3.8) is 0 Å². The molecule has 0 radical (unpaired) electrons. The SMILES string of the molecule is C#CC(=O)N1CCC2CC(C1)N(c1ccc(-c3cc(-c4cnn(C)c4)cn4ncc(C#N)c34)cn1)C2. The molecule has 36 heavy (non-hydrogen) atoms. The fourth-order valence-electron chi connectivity index (χ4n) is 5.50. The van der Waals surface area contributed by atoms with Crippen molar-refractivity contribution in [2.24, 2.45) is 13.0 Å². The van der Waals surface area contributed by atoms with Gasteiger partial charge in [0.15, 0.2) is 0 Å². The standard InChI is InChI=1S/C27H24N8O/c1-3-26(36)33-7-6-18-8-23(17-33)34(14-18)25-5-4-19(11-29-25)24-9-20(22-13-30-32(2)15-22)16-35-27(24)21(10-28)12-31-35/h1,4-5,9,11-13,15-16,18,23H,6-8,14,17H2,2H3. The smallest absolute Gasteiger partial charge is 0.298 e. The van der Waals surface area contributed by atoms with Gasteiger partial charge >= 0.3 is 0 Å². The van der Waals surface area contributed by atoms with Crippen molar-refractivity contribution in [2.45, 2.75) is 18.9 Å². The third-order valence-electron chi connectivity index (χ3n) is 7.27. The molecule has 4 aromatic heterocycles. The predicted octanol–water partition coefficient (Wildman–Crippen LogP) is 2.73. The number of anilines is 1. The lowest BCUT2D eigenvalue weighted by molar-refractivity contribution is -0.125. The van der Waals surface area contributed by atoms with Crippen LogP contribution in [-0.2, 0) is 11.8 Å². The fourth-order valence-corrected chi connectivity index (χ4v) is 5.50. The van der Waals surface area contributed by atoms with Crippen LogP contribution in [0.3, 0.4) is 0 Å². The fraction of sp³-hybridized carbons (Fsp3) is 0.296. The van der Waals surface area contributed by atoms with Crippen LogP contribution in [-0.4, -0.2) is 60.9 Å². The molecule has 2 saturated heterocycles. The molecule has 0 spiro atoms. The molecule has 0 N–H and O–H groups in total. The van der Waals surface area contributed by atoms with Gasteiger partial charge in [-0.3, -0.25) is 9.48 Å². The summed E-state index contributed by atoms with van der Waals surface area (Å²) in [5.41, 5.74) is 4.95. The molecule has 6 rings (SSSR count). The number of rotatable bonds is 3. The minimum atomic E-state index is -0.238. The van der Waals surface area contributed by atoms with Gasteiger partial charge in [-0.05, 0) is 42.9 Å². The molecule has 0 saturated carbocycles. The summed E-state index contributed by atoms with van der Waals surface area (Å²) in [6.07, 6.45) is 16.5. The average Bonchev–Trinajstić information content (AvgIpc) is 3.59. The van der Waals surface area contributed by atoms with Gasteiger partial charge in [0.25, 0.3) is 5.91 Å². The van der Waals surface area contributed by atoms with E-state index in [0.717, 1.165) is 59.5 Å². The molecule has 2 bridgehead atoms. The summed E-state index contributed by atoms with van der Waals surface area (Å²) in [4.78, 5) is 21.0. The van der Waals surface area contributed by atoms with Gasteiger partial charge in [0.2, 0.25) is 0 Å². The van der Waals surface area contributed by atoms with Crippen molar-refractivity contribution in [3.8, 4) is 40.7 Å². The van der Waals surface area contributed by atoms with Crippen molar-refractivity contribution in [3.05, 3.63) is 54.7 Å². The Balaban J connectivity index is 1.36. The number of aryl methyl sites for hydroxylation is 1. The number of hydrogen-bond donors (Lipinski definition) is 0. The second-order valence-corrected chi connectivity index (χ2v) is 9.51. The molecule has 1 amide bonds. The van der Waals surface area contributed by atoms with Crippen molar-refractivity contribution in [1.29, 1.82) is 5.26 Å². The van der Waals surface area contributed by atoms with Crippen LogP contribution >= 0.6 is 0 Å². The summed E-state index contributed by atoms with van der Waals surface area (Å²) in [6.45, 7) is 2.27. The normalized spacial score (nSPS) is 19.2. The highest BCUT2D eigenvalue weighted by molar-refractivity contribution is 5.93. The number of fused-ring (bicyclic) bond motifs is 3. The molecule has 6 heterocycles. The number of amides is 1. The second-order valence-electron chi connectivity index (χ2n) is 9.51. The topological polar surface area (TPSA) is 95.4 Å². The zero-order valence-electron chi connectivity index (χ0n) is 19.9. The highest BCUT2D eigenvalue weighted by Gasteiger charge is 2.37. The largest absolute Gasteiger partial charge is 0.352 e. The summed E-state index contributed by atoms with van der Waals surface area (Å²) >= 11 is 0. The summed E-state index contributed by atoms with van der Waals surface area (Å²) in [7, 11) is 1.88. The molecule has 2 atom stereocenters. The van der Waals surface area contributed by atoms with Crippen LogP contribution in [0.25, 0.3) is 27.8 Å². The van der Waals surface area contributed by atoms with Crippen molar-refractivity contribution < 1.29 is 4.79 Å². The first kappa shape index (κ1) is 21.9. The Hall–Kier alpha value is -4.63. The monoisotopic (exact) mass is 476 g/mol. The van der Waals surface area contributed by atoms with Crippen molar-refractivity contribution >= 4 is 17.2 Å². The first-order valence-electron chi connectivity index (χ1n) is 11.9. The van der Waals surface area contributed by atoms with E-state index >= 15 is 0 Å². The number of nitrogens with zero attached hydrogens (tertiary/aromatic N) is 8. The first-order valence-corrected chi connectivity index (χ1v) is 11.9. The molecule has 4 aromatic rings.